The summed E-state index contributed by atoms with van der Waals surface area (Å²) in [5.74, 6) is 0.201. The van der Waals surface area contributed by atoms with E-state index in [0.29, 0.717) is 0 Å². The molecule has 2 nitrogen and oxygen atoms in total. The molecule has 1 N–H and O–H groups in total. The van der Waals surface area contributed by atoms with E-state index in [9.17, 15) is 4.79 Å². The number of para-hydroxylation sites is 1. The lowest BCUT2D eigenvalue weighted by atomic mass is 9.84. The number of rotatable bonds is 5. The van der Waals surface area contributed by atoms with E-state index in [1.54, 1.807) is 0 Å². The van der Waals surface area contributed by atoms with Crippen molar-refractivity contribution < 1.29 is 4.79 Å². The van der Waals surface area contributed by atoms with E-state index in [-0.39, 0.29) is 11.8 Å². The van der Waals surface area contributed by atoms with Crippen molar-refractivity contribution in [3.8, 4) is 0 Å². The molecule has 0 aliphatic carbocycles. The average molecular weight is 357 g/mol. The van der Waals surface area contributed by atoms with E-state index in [0.717, 1.165) is 17.7 Å². The van der Waals surface area contributed by atoms with Crippen molar-refractivity contribution in [1.82, 2.24) is 0 Å². The molecule has 0 heterocycles. The van der Waals surface area contributed by atoms with Crippen LogP contribution < -0.4 is 5.32 Å². The van der Waals surface area contributed by atoms with Gasteiger partial charge in [-0.2, -0.15) is 0 Å². The third kappa shape index (κ3) is 4.85. The van der Waals surface area contributed by atoms with Gasteiger partial charge in [-0.25, -0.2) is 0 Å². The molecule has 2 heteroatoms. The zero-order valence-electron chi connectivity index (χ0n) is 16.3. The summed E-state index contributed by atoms with van der Waals surface area (Å²) in [5.41, 5.74) is 4.13. The zero-order chi connectivity index (χ0) is 19.3. The Morgan fingerprint density at radius 1 is 0.815 bits per heavy atom. The number of carbonyl (C=O) groups is 1. The van der Waals surface area contributed by atoms with Gasteiger partial charge < -0.3 is 5.32 Å². The summed E-state index contributed by atoms with van der Waals surface area (Å²) < 4.78 is 0. The molecule has 3 rings (SSSR count). The average Bonchev–Trinajstić information content (AvgIpc) is 2.67. The number of hydrogen-bond acceptors (Lipinski definition) is 1. The van der Waals surface area contributed by atoms with Gasteiger partial charge in [-0.1, -0.05) is 99.6 Å². The lowest BCUT2D eigenvalue weighted by molar-refractivity contribution is -0.123. The van der Waals surface area contributed by atoms with E-state index < -0.39 is 5.41 Å². The predicted octanol–water partition coefficient (Wildman–Crippen LogP) is 6.05. The first-order chi connectivity index (χ1) is 12.9. The lowest BCUT2D eigenvalue weighted by Gasteiger charge is -2.24. The summed E-state index contributed by atoms with van der Waals surface area (Å²) in [5, 5.41) is 3.15. The molecule has 3 aromatic carbocycles. The summed E-state index contributed by atoms with van der Waals surface area (Å²) in [6.45, 7) is 5.80. The molecule has 1 amide bonds. The molecule has 3 aromatic rings. The molecule has 0 saturated carbocycles. The Labute approximate surface area is 162 Å². The Balaban J connectivity index is 2.01. The van der Waals surface area contributed by atoms with Gasteiger partial charge in [0, 0.05) is 17.0 Å². The van der Waals surface area contributed by atoms with Crippen LogP contribution in [0, 0.1) is 5.41 Å². The second-order valence-electron chi connectivity index (χ2n) is 7.94. The second-order valence-corrected chi connectivity index (χ2v) is 7.94. The monoisotopic (exact) mass is 357 g/mol. The van der Waals surface area contributed by atoms with Crippen molar-refractivity contribution in [2.75, 3.05) is 5.32 Å². The van der Waals surface area contributed by atoms with E-state index in [1.165, 1.54) is 11.1 Å². The molecule has 0 spiro atoms. The lowest BCUT2D eigenvalue weighted by Crippen LogP contribution is -2.28. The van der Waals surface area contributed by atoms with Crippen molar-refractivity contribution >= 4 is 11.6 Å². The standard InChI is InChI=1S/C25H27NO/c1-25(2,3)24(27)26-23-17-11-10-16-21(23)22(20-14-8-5-9-15-20)18-19-12-6-4-7-13-19/h4-17,22H,18H2,1-3H3,(H,26,27). The largest absolute Gasteiger partial charge is 0.325 e. The number of carbonyl (C=O) groups excluding carboxylic acids is 1. The Kier molecular flexibility index (Phi) is 5.75. The minimum atomic E-state index is -0.436. The number of hydrogen-bond donors (Lipinski definition) is 1. The molecule has 0 aliphatic rings. The summed E-state index contributed by atoms with van der Waals surface area (Å²) in [6, 6.07) is 29.2. The van der Waals surface area contributed by atoms with Crippen LogP contribution in [-0.2, 0) is 11.2 Å². The first-order valence-corrected chi connectivity index (χ1v) is 9.44. The molecule has 0 fully saturated rings. The van der Waals surface area contributed by atoms with Crippen molar-refractivity contribution in [2.24, 2.45) is 5.41 Å². The molecule has 0 aliphatic heterocycles. The van der Waals surface area contributed by atoms with Gasteiger partial charge in [0.05, 0.1) is 0 Å². The quantitative estimate of drug-likeness (QED) is 0.592. The summed E-state index contributed by atoms with van der Waals surface area (Å²) in [6.07, 6.45) is 0.882. The topological polar surface area (TPSA) is 29.1 Å². The number of anilines is 1. The Morgan fingerprint density at radius 2 is 1.37 bits per heavy atom. The van der Waals surface area contributed by atoms with E-state index in [4.69, 9.17) is 0 Å². The second kappa shape index (κ2) is 8.22. The Bertz CT molecular complexity index is 879. The maximum absolute atomic E-state index is 12.6. The van der Waals surface area contributed by atoms with Crippen LogP contribution in [0.3, 0.4) is 0 Å². The van der Waals surface area contributed by atoms with Crippen LogP contribution in [0.25, 0.3) is 0 Å². The zero-order valence-corrected chi connectivity index (χ0v) is 16.3. The highest BCUT2D eigenvalue weighted by atomic mass is 16.2. The minimum absolute atomic E-state index is 0.0291. The van der Waals surface area contributed by atoms with Crippen molar-refractivity contribution in [3.63, 3.8) is 0 Å². The first-order valence-electron chi connectivity index (χ1n) is 9.44. The first kappa shape index (κ1) is 18.9. The smallest absolute Gasteiger partial charge is 0.229 e. The van der Waals surface area contributed by atoms with Crippen molar-refractivity contribution in [1.29, 1.82) is 0 Å². The highest BCUT2D eigenvalue weighted by Crippen LogP contribution is 2.34. The summed E-state index contributed by atoms with van der Waals surface area (Å²) >= 11 is 0. The van der Waals surface area contributed by atoms with E-state index >= 15 is 0 Å². The van der Waals surface area contributed by atoms with Gasteiger partial charge in [0.15, 0.2) is 0 Å². The molecule has 1 atom stereocenters. The molecule has 27 heavy (non-hydrogen) atoms. The molecular weight excluding hydrogens is 330 g/mol. The maximum Gasteiger partial charge on any atom is 0.229 e. The van der Waals surface area contributed by atoms with E-state index in [2.05, 4.69) is 59.9 Å². The van der Waals surface area contributed by atoms with Crippen LogP contribution in [0.4, 0.5) is 5.69 Å². The fourth-order valence-electron chi connectivity index (χ4n) is 3.17. The van der Waals surface area contributed by atoms with Gasteiger partial charge in [-0.15, -0.1) is 0 Å². The summed E-state index contributed by atoms with van der Waals surface area (Å²) in [7, 11) is 0. The Morgan fingerprint density at radius 3 is 2.00 bits per heavy atom. The van der Waals surface area contributed by atoms with Gasteiger partial charge in [0.25, 0.3) is 0 Å². The molecule has 0 bridgehead atoms. The van der Waals surface area contributed by atoms with Crippen LogP contribution in [0.1, 0.15) is 43.4 Å². The van der Waals surface area contributed by atoms with Crippen molar-refractivity contribution in [3.05, 3.63) is 102 Å². The number of benzene rings is 3. The minimum Gasteiger partial charge on any atom is -0.325 e. The van der Waals surface area contributed by atoms with Gasteiger partial charge in [0.1, 0.15) is 0 Å². The van der Waals surface area contributed by atoms with E-state index in [1.807, 2.05) is 51.1 Å². The van der Waals surface area contributed by atoms with Crippen LogP contribution in [0.15, 0.2) is 84.9 Å². The molecule has 1 unspecified atom stereocenters. The SMILES string of the molecule is CC(C)(C)C(=O)Nc1ccccc1C(Cc1ccccc1)c1ccccc1. The van der Waals surface area contributed by atoms with Crippen LogP contribution >= 0.6 is 0 Å². The maximum atomic E-state index is 12.6. The molecule has 0 saturated heterocycles. The fraction of sp³-hybridized carbons (Fsp3) is 0.240. The highest BCUT2D eigenvalue weighted by molar-refractivity contribution is 5.95. The number of nitrogens with one attached hydrogen (secondary N) is 1. The van der Waals surface area contributed by atoms with Gasteiger partial charge >= 0.3 is 0 Å². The normalized spacial score (nSPS) is 12.4. The van der Waals surface area contributed by atoms with Crippen LogP contribution in [-0.4, -0.2) is 5.91 Å². The van der Waals surface area contributed by atoms with Gasteiger partial charge in [-0.05, 0) is 29.2 Å². The molecule has 0 aromatic heterocycles. The summed E-state index contributed by atoms with van der Waals surface area (Å²) in [4.78, 5) is 12.6. The molecular formula is C25H27NO. The van der Waals surface area contributed by atoms with Crippen molar-refractivity contribution in [2.45, 2.75) is 33.1 Å². The van der Waals surface area contributed by atoms with Crippen LogP contribution in [0.2, 0.25) is 0 Å². The third-order valence-electron chi connectivity index (χ3n) is 4.75. The molecule has 0 radical (unpaired) electrons. The Hall–Kier alpha value is -2.87. The van der Waals surface area contributed by atoms with Gasteiger partial charge in [-0.3, -0.25) is 4.79 Å². The van der Waals surface area contributed by atoms with Crippen LogP contribution in [0.5, 0.6) is 0 Å². The predicted molar refractivity (Wildman–Crippen MR) is 113 cm³/mol. The molecule has 138 valence electrons. The third-order valence-corrected chi connectivity index (χ3v) is 4.75. The number of amides is 1. The highest BCUT2D eigenvalue weighted by Gasteiger charge is 2.24. The van der Waals surface area contributed by atoms with Gasteiger partial charge in [0.2, 0.25) is 5.91 Å². The fourth-order valence-corrected chi connectivity index (χ4v) is 3.17.